The van der Waals surface area contributed by atoms with Crippen molar-refractivity contribution in [3.63, 3.8) is 0 Å². The molecule has 0 atom stereocenters. The summed E-state index contributed by atoms with van der Waals surface area (Å²) in [6.07, 6.45) is 3.65. The van der Waals surface area contributed by atoms with Gasteiger partial charge in [0.05, 0.1) is 0 Å². The van der Waals surface area contributed by atoms with Crippen molar-refractivity contribution < 1.29 is 0 Å². The van der Waals surface area contributed by atoms with Gasteiger partial charge in [0.25, 0.3) is 0 Å². The first-order valence-corrected chi connectivity index (χ1v) is 5.62. The van der Waals surface area contributed by atoms with Crippen LogP contribution < -0.4 is 0 Å². The van der Waals surface area contributed by atoms with E-state index in [1.165, 1.54) is 5.56 Å². The second kappa shape index (κ2) is 4.57. The number of rotatable bonds is 3. The highest BCUT2D eigenvalue weighted by molar-refractivity contribution is 9.10. The first-order chi connectivity index (χ1) is 7.25. The van der Waals surface area contributed by atoms with Gasteiger partial charge in [-0.3, -0.25) is 0 Å². The molecule has 0 radical (unpaired) electrons. The van der Waals surface area contributed by atoms with E-state index >= 15 is 0 Å². The van der Waals surface area contributed by atoms with Gasteiger partial charge in [0.1, 0.15) is 12.2 Å². The summed E-state index contributed by atoms with van der Waals surface area (Å²) >= 11 is 3.46. The Labute approximate surface area is 97.3 Å². The Morgan fingerprint density at radius 3 is 2.87 bits per heavy atom. The van der Waals surface area contributed by atoms with E-state index in [9.17, 15) is 0 Å². The average molecular weight is 266 g/mol. The van der Waals surface area contributed by atoms with Crippen LogP contribution in [0.25, 0.3) is 0 Å². The van der Waals surface area contributed by atoms with Crippen LogP contribution in [0.4, 0.5) is 0 Å². The zero-order valence-electron chi connectivity index (χ0n) is 8.52. The van der Waals surface area contributed by atoms with Crippen LogP contribution in [-0.4, -0.2) is 14.8 Å². The summed E-state index contributed by atoms with van der Waals surface area (Å²) in [5.74, 6) is 1.02. The minimum atomic E-state index is 0.924. The lowest BCUT2D eigenvalue weighted by molar-refractivity contribution is 0.769. The lowest BCUT2D eigenvalue weighted by Gasteiger charge is -2.01. The van der Waals surface area contributed by atoms with Crippen LogP contribution in [0.15, 0.2) is 35.1 Å². The van der Waals surface area contributed by atoms with E-state index in [1.807, 2.05) is 17.7 Å². The fourth-order valence-corrected chi connectivity index (χ4v) is 1.93. The fourth-order valence-electron chi connectivity index (χ4n) is 1.48. The summed E-state index contributed by atoms with van der Waals surface area (Å²) in [6.45, 7) is 0. The number of hydrogen-bond donors (Lipinski definition) is 0. The van der Waals surface area contributed by atoms with Gasteiger partial charge in [-0.2, -0.15) is 0 Å². The van der Waals surface area contributed by atoms with Gasteiger partial charge in [-0.1, -0.05) is 28.1 Å². The Hall–Kier alpha value is -1.16. The Bertz CT molecular complexity index is 451. The van der Waals surface area contributed by atoms with Gasteiger partial charge >= 0.3 is 0 Å². The predicted molar refractivity (Wildman–Crippen MR) is 62.6 cm³/mol. The molecule has 0 N–H and O–H groups in total. The quantitative estimate of drug-likeness (QED) is 0.853. The summed E-state index contributed by atoms with van der Waals surface area (Å²) in [5.41, 5.74) is 1.31. The molecule has 15 heavy (non-hydrogen) atoms. The van der Waals surface area contributed by atoms with Crippen LogP contribution in [0.2, 0.25) is 0 Å². The summed E-state index contributed by atoms with van der Waals surface area (Å²) in [6, 6.07) is 8.35. The largest absolute Gasteiger partial charge is 0.321 e. The SMILES string of the molecule is Cn1cnnc1CCc1cccc(Br)c1. The topological polar surface area (TPSA) is 30.7 Å². The van der Waals surface area contributed by atoms with Gasteiger partial charge in [-0.25, -0.2) is 0 Å². The maximum Gasteiger partial charge on any atom is 0.132 e. The van der Waals surface area contributed by atoms with E-state index < -0.39 is 0 Å². The van der Waals surface area contributed by atoms with E-state index in [0.29, 0.717) is 0 Å². The van der Waals surface area contributed by atoms with Gasteiger partial charge in [-0.05, 0) is 24.1 Å². The standard InChI is InChI=1S/C11H12BrN3/c1-15-8-13-14-11(15)6-5-9-3-2-4-10(12)7-9/h2-4,7-8H,5-6H2,1H3. The molecule has 78 valence electrons. The van der Waals surface area contributed by atoms with Gasteiger partial charge in [0, 0.05) is 17.9 Å². The molecule has 3 nitrogen and oxygen atoms in total. The molecule has 0 fully saturated rings. The van der Waals surface area contributed by atoms with Gasteiger partial charge in [-0.15, -0.1) is 10.2 Å². The molecule has 0 saturated heterocycles. The third kappa shape index (κ3) is 2.65. The highest BCUT2D eigenvalue weighted by Gasteiger charge is 2.01. The summed E-state index contributed by atoms with van der Waals surface area (Å²) in [7, 11) is 1.97. The summed E-state index contributed by atoms with van der Waals surface area (Å²) in [4.78, 5) is 0. The first kappa shape index (κ1) is 10.4. The van der Waals surface area contributed by atoms with E-state index in [4.69, 9.17) is 0 Å². The molecule has 0 bridgehead atoms. The number of halogens is 1. The molecule has 1 aromatic carbocycles. The average Bonchev–Trinajstić information content (AvgIpc) is 2.61. The lowest BCUT2D eigenvalue weighted by Crippen LogP contribution is -1.99. The maximum absolute atomic E-state index is 4.05. The second-order valence-corrected chi connectivity index (χ2v) is 4.40. The molecule has 0 unspecified atom stereocenters. The third-order valence-electron chi connectivity index (χ3n) is 2.33. The second-order valence-electron chi connectivity index (χ2n) is 3.49. The molecule has 0 saturated carbocycles. The Morgan fingerprint density at radius 2 is 2.20 bits per heavy atom. The molecule has 0 amide bonds. The molecule has 1 aromatic heterocycles. The molecule has 0 spiro atoms. The van der Waals surface area contributed by atoms with Gasteiger partial charge < -0.3 is 4.57 Å². The van der Waals surface area contributed by atoms with Crippen molar-refractivity contribution in [2.45, 2.75) is 12.8 Å². The Balaban J connectivity index is 2.02. The zero-order chi connectivity index (χ0) is 10.7. The predicted octanol–water partition coefficient (Wildman–Crippen LogP) is 2.36. The van der Waals surface area contributed by atoms with Crippen LogP contribution in [0.5, 0.6) is 0 Å². The van der Waals surface area contributed by atoms with Crippen LogP contribution in [0, 0.1) is 0 Å². The van der Waals surface area contributed by atoms with Crippen LogP contribution in [-0.2, 0) is 19.9 Å². The van der Waals surface area contributed by atoms with Crippen LogP contribution >= 0.6 is 15.9 Å². The molecular weight excluding hydrogens is 254 g/mol. The number of aryl methyl sites for hydroxylation is 3. The minimum absolute atomic E-state index is 0.924. The first-order valence-electron chi connectivity index (χ1n) is 4.83. The molecule has 2 rings (SSSR count). The van der Waals surface area contributed by atoms with Crippen molar-refractivity contribution >= 4 is 15.9 Å². The highest BCUT2D eigenvalue weighted by atomic mass is 79.9. The van der Waals surface area contributed by atoms with Crippen molar-refractivity contribution in [2.24, 2.45) is 7.05 Å². The molecule has 0 aliphatic rings. The number of aromatic nitrogens is 3. The van der Waals surface area contributed by atoms with Crippen LogP contribution in [0.1, 0.15) is 11.4 Å². The summed E-state index contributed by atoms with van der Waals surface area (Å²) in [5, 5.41) is 7.91. The molecule has 1 heterocycles. The van der Waals surface area contributed by atoms with Crippen molar-refractivity contribution in [2.75, 3.05) is 0 Å². The van der Waals surface area contributed by atoms with Crippen LogP contribution in [0.3, 0.4) is 0 Å². The zero-order valence-corrected chi connectivity index (χ0v) is 10.1. The van der Waals surface area contributed by atoms with E-state index in [1.54, 1.807) is 6.33 Å². The van der Waals surface area contributed by atoms with Crippen molar-refractivity contribution in [3.8, 4) is 0 Å². The lowest BCUT2D eigenvalue weighted by atomic mass is 10.1. The fraction of sp³-hybridized carbons (Fsp3) is 0.273. The molecular formula is C11H12BrN3. The Morgan fingerprint density at radius 1 is 1.33 bits per heavy atom. The highest BCUT2D eigenvalue weighted by Crippen LogP contribution is 2.13. The Kier molecular flexibility index (Phi) is 3.16. The summed E-state index contributed by atoms with van der Waals surface area (Å²) < 4.78 is 3.08. The molecule has 2 aromatic rings. The monoisotopic (exact) mass is 265 g/mol. The molecule has 0 aliphatic carbocycles. The minimum Gasteiger partial charge on any atom is -0.321 e. The van der Waals surface area contributed by atoms with E-state index in [-0.39, 0.29) is 0 Å². The normalized spacial score (nSPS) is 10.5. The van der Waals surface area contributed by atoms with E-state index in [2.05, 4.69) is 44.3 Å². The smallest absolute Gasteiger partial charge is 0.132 e. The van der Waals surface area contributed by atoms with Gasteiger partial charge in [0.2, 0.25) is 0 Å². The number of hydrogen-bond acceptors (Lipinski definition) is 2. The van der Waals surface area contributed by atoms with Crippen molar-refractivity contribution in [3.05, 3.63) is 46.5 Å². The van der Waals surface area contributed by atoms with Crippen molar-refractivity contribution in [1.82, 2.24) is 14.8 Å². The van der Waals surface area contributed by atoms with Crippen molar-refractivity contribution in [1.29, 1.82) is 0 Å². The van der Waals surface area contributed by atoms with Gasteiger partial charge in [0.15, 0.2) is 0 Å². The maximum atomic E-state index is 4.05. The molecule has 0 aliphatic heterocycles. The van der Waals surface area contributed by atoms with E-state index in [0.717, 1.165) is 23.1 Å². The number of nitrogens with zero attached hydrogens (tertiary/aromatic N) is 3. The number of benzene rings is 1. The molecule has 4 heteroatoms. The third-order valence-corrected chi connectivity index (χ3v) is 2.82.